The zero-order valence-electron chi connectivity index (χ0n) is 21.1. The van der Waals surface area contributed by atoms with Gasteiger partial charge in [0, 0.05) is 57.2 Å². The highest BCUT2D eigenvalue weighted by atomic mass is 32.1. The van der Waals surface area contributed by atoms with Crippen LogP contribution in [0.1, 0.15) is 15.9 Å². The molecular weight excluding hydrogens is 488 g/mol. The van der Waals surface area contributed by atoms with Crippen molar-refractivity contribution >= 4 is 50.0 Å². The van der Waals surface area contributed by atoms with Gasteiger partial charge in [-0.05, 0) is 55.1 Å². The van der Waals surface area contributed by atoms with Gasteiger partial charge in [0.15, 0.2) is 5.13 Å². The van der Waals surface area contributed by atoms with E-state index in [1.165, 1.54) is 24.0 Å². The maximum Gasteiger partial charge on any atom is 0.274 e. The summed E-state index contributed by atoms with van der Waals surface area (Å²) in [6.45, 7) is 5.26. The van der Waals surface area contributed by atoms with Crippen molar-refractivity contribution in [3.05, 3.63) is 65.9 Å². The van der Waals surface area contributed by atoms with E-state index in [1.54, 1.807) is 12.1 Å². The van der Waals surface area contributed by atoms with Gasteiger partial charge in [0.05, 0.1) is 7.11 Å². The van der Waals surface area contributed by atoms with E-state index in [1.807, 2.05) is 42.4 Å². The zero-order valence-corrected chi connectivity index (χ0v) is 22.0. The van der Waals surface area contributed by atoms with Crippen molar-refractivity contribution in [1.82, 2.24) is 30.2 Å². The molecule has 0 atom stereocenters. The van der Waals surface area contributed by atoms with Crippen LogP contribution in [0.15, 0.2) is 54.7 Å². The number of hydroxylamine groups is 1. The number of benzene rings is 1. The van der Waals surface area contributed by atoms with Gasteiger partial charge in [-0.3, -0.25) is 14.5 Å². The van der Waals surface area contributed by atoms with Crippen LogP contribution in [-0.4, -0.2) is 78.0 Å². The van der Waals surface area contributed by atoms with Crippen molar-refractivity contribution in [2.24, 2.45) is 0 Å². The molecular formula is C26H30N8O2S. The number of rotatable bonds is 8. The Morgan fingerprint density at radius 1 is 1.11 bits per heavy atom. The molecule has 2 N–H and O–H groups in total. The Labute approximate surface area is 219 Å². The number of anilines is 4. The van der Waals surface area contributed by atoms with Crippen LogP contribution in [0.4, 0.5) is 22.5 Å². The lowest BCUT2D eigenvalue weighted by Gasteiger charge is -2.32. The van der Waals surface area contributed by atoms with Crippen molar-refractivity contribution in [1.29, 1.82) is 0 Å². The summed E-state index contributed by atoms with van der Waals surface area (Å²) in [5, 5.41) is 4.09. The molecule has 1 amide bonds. The fourth-order valence-corrected chi connectivity index (χ4v) is 5.04. The van der Waals surface area contributed by atoms with E-state index in [4.69, 9.17) is 14.8 Å². The van der Waals surface area contributed by atoms with Crippen LogP contribution in [0.5, 0.6) is 0 Å². The molecule has 1 aromatic carbocycles. The van der Waals surface area contributed by atoms with Gasteiger partial charge in [0.25, 0.3) is 5.91 Å². The molecule has 0 radical (unpaired) electrons. The standard InChI is InChI=1S/C26H30N8O2S/c1-32-11-13-34(14-12-32)17-18-9-10-27-22(15-18)29-26-28-21-7-8-23(30-25(21)37-26)33(2)20-6-4-5-19(16-20)24(35)31-36-3/h4-10,15-16H,11-14,17H2,1-3H3,(H,31,35)(H,27,28,29). The highest BCUT2D eigenvalue weighted by Crippen LogP contribution is 2.30. The molecule has 1 aliphatic heterocycles. The summed E-state index contributed by atoms with van der Waals surface area (Å²) in [6, 6.07) is 15.3. The number of amides is 1. The summed E-state index contributed by atoms with van der Waals surface area (Å²) < 4.78 is 0. The molecule has 1 saturated heterocycles. The van der Waals surface area contributed by atoms with Gasteiger partial charge < -0.3 is 15.1 Å². The number of carbonyl (C=O) groups excluding carboxylic acids is 1. The van der Waals surface area contributed by atoms with Crippen LogP contribution in [0.3, 0.4) is 0 Å². The lowest BCUT2D eigenvalue weighted by atomic mass is 10.2. The lowest BCUT2D eigenvalue weighted by molar-refractivity contribution is 0.0537. The van der Waals surface area contributed by atoms with Crippen molar-refractivity contribution in [3.63, 3.8) is 0 Å². The smallest absolute Gasteiger partial charge is 0.274 e. The third kappa shape index (κ3) is 6.03. The molecule has 0 saturated carbocycles. The molecule has 1 aliphatic rings. The minimum Gasteiger partial charge on any atom is -0.329 e. The molecule has 3 aromatic heterocycles. The van der Waals surface area contributed by atoms with E-state index in [2.05, 4.69) is 44.8 Å². The number of thiazole rings is 1. The van der Waals surface area contributed by atoms with Crippen LogP contribution >= 0.6 is 11.3 Å². The Morgan fingerprint density at radius 2 is 1.95 bits per heavy atom. The first kappa shape index (κ1) is 25.0. The highest BCUT2D eigenvalue weighted by molar-refractivity contribution is 7.21. The molecule has 37 heavy (non-hydrogen) atoms. The van der Waals surface area contributed by atoms with E-state index >= 15 is 0 Å². The molecule has 10 nitrogen and oxygen atoms in total. The third-order valence-electron chi connectivity index (χ3n) is 6.34. The molecule has 4 aromatic rings. The SMILES string of the molecule is CONC(=O)c1cccc(N(C)c2ccc3nc(Nc4cc(CN5CCN(C)CC5)ccn4)sc3n2)c1. The Morgan fingerprint density at radius 3 is 2.76 bits per heavy atom. The fourth-order valence-electron chi connectivity index (χ4n) is 4.20. The highest BCUT2D eigenvalue weighted by Gasteiger charge is 2.15. The molecule has 192 valence electrons. The monoisotopic (exact) mass is 518 g/mol. The Kier molecular flexibility index (Phi) is 7.56. The van der Waals surface area contributed by atoms with E-state index in [0.717, 1.165) is 65.5 Å². The molecule has 0 aliphatic carbocycles. The van der Waals surface area contributed by atoms with Gasteiger partial charge in [-0.2, -0.15) is 0 Å². The van der Waals surface area contributed by atoms with Gasteiger partial charge in [-0.15, -0.1) is 0 Å². The summed E-state index contributed by atoms with van der Waals surface area (Å²) in [6.07, 6.45) is 1.84. The lowest BCUT2D eigenvalue weighted by Crippen LogP contribution is -2.43. The zero-order chi connectivity index (χ0) is 25.8. The third-order valence-corrected chi connectivity index (χ3v) is 7.22. The van der Waals surface area contributed by atoms with Crippen LogP contribution in [-0.2, 0) is 11.4 Å². The molecule has 0 unspecified atom stereocenters. The Bertz CT molecular complexity index is 1390. The average Bonchev–Trinajstić information content (AvgIpc) is 3.31. The van der Waals surface area contributed by atoms with Crippen LogP contribution in [0.25, 0.3) is 10.3 Å². The quantitative estimate of drug-likeness (QED) is 0.339. The van der Waals surface area contributed by atoms with E-state index < -0.39 is 0 Å². The predicted molar refractivity (Wildman–Crippen MR) is 147 cm³/mol. The number of fused-ring (bicyclic) bond motifs is 1. The second-order valence-electron chi connectivity index (χ2n) is 9.01. The topological polar surface area (TPSA) is 98.7 Å². The molecule has 4 heterocycles. The summed E-state index contributed by atoms with van der Waals surface area (Å²) in [5.74, 6) is 1.22. The fraction of sp³-hybridized carbons (Fsp3) is 0.308. The maximum atomic E-state index is 12.1. The first-order valence-electron chi connectivity index (χ1n) is 12.1. The van der Waals surface area contributed by atoms with E-state index in [0.29, 0.717) is 5.56 Å². The van der Waals surface area contributed by atoms with Gasteiger partial charge in [-0.1, -0.05) is 17.4 Å². The number of piperazine rings is 1. The number of hydrogen-bond donors (Lipinski definition) is 2. The predicted octanol–water partition coefficient (Wildman–Crippen LogP) is 3.64. The van der Waals surface area contributed by atoms with Gasteiger partial charge in [0.2, 0.25) is 0 Å². The van der Waals surface area contributed by atoms with Crippen molar-refractivity contribution in [2.45, 2.75) is 6.54 Å². The van der Waals surface area contributed by atoms with Gasteiger partial charge in [-0.25, -0.2) is 20.4 Å². The number of likely N-dealkylation sites (N-methyl/N-ethyl adjacent to an activating group) is 1. The molecule has 1 fully saturated rings. The Balaban J connectivity index is 1.29. The number of carbonyl (C=O) groups is 1. The summed E-state index contributed by atoms with van der Waals surface area (Å²) in [7, 11) is 5.49. The van der Waals surface area contributed by atoms with Crippen molar-refractivity contribution in [3.8, 4) is 0 Å². The molecule has 0 spiro atoms. The molecule has 11 heteroatoms. The first-order valence-corrected chi connectivity index (χ1v) is 12.9. The van der Waals surface area contributed by atoms with Gasteiger partial charge >= 0.3 is 0 Å². The maximum absolute atomic E-state index is 12.1. The number of nitrogens with one attached hydrogen (secondary N) is 2. The Hall–Kier alpha value is -3.64. The van der Waals surface area contributed by atoms with Gasteiger partial charge in [0.1, 0.15) is 22.0 Å². The first-order chi connectivity index (χ1) is 18.0. The van der Waals surface area contributed by atoms with E-state index in [9.17, 15) is 4.79 Å². The number of aromatic nitrogens is 3. The minimum absolute atomic E-state index is 0.305. The second-order valence-corrected chi connectivity index (χ2v) is 9.99. The number of hydrogen-bond acceptors (Lipinski definition) is 10. The summed E-state index contributed by atoms with van der Waals surface area (Å²) >= 11 is 1.48. The number of pyridine rings is 2. The van der Waals surface area contributed by atoms with Crippen LogP contribution in [0, 0.1) is 0 Å². The minimum atomic E-state index is -0.305. The van der Waals surface area contributed by atoms with Crippen LogP contribution in [0.2, 0.25) is 0 Å². The van der Waals surface area contributed by atoms with E-state index in [-0.39, 0.29) is 5.91 Å². The normalized spacial score (nSPS) is 14.6. The second kappa shape index (κ2) is 11.2. The number of nitrogens with zero attached hydrogens (tertiary/aromatic N) is 6. The summed E-state index contributed by atoms with van der Waals surface area (Å²) in [5.41, 5.74) is 5.72. The molecule has 0 bridgehead atoms. The summed E-state index contributed by atoms with van der Waals surface area (Å²) in [4.78, 5) is 38.4. The largest absolute Gasteiger partial charge is 0.329 e. The van der Waals surface area contributed by atoms with Crippen molar-refractivity contribution in [2.75, 3.05) is 57.6 Å². The van der Waals surface area contributed by atoms with Crippen molar-refractivity contribution < 1.29 is 9.63 Å². The van der Waals surface area contributed by atoms with Crippen LogP contribution < -0.4 is 15.7 Å². The average molecular weight is 519 g/mol. The molecule has 5 rings (SSSR count).